The Morgan fingerprint density at radius 2 is 2.03 bits per heavy atom. The molecule has 0 saturated carbocycles. The van der Waals surface area contributed by atoms with Crippen LogP contribution in [0.25, 0.3) is 0 Å². The lowest BCUT2D eigenvalue weighted by Crippen LogP contribution is -2.45. The van der Waals surface area contributed by atoms with Crippen molar-refractivity contribution in [2.45, 2.75) is 31.2 Å². The number of likely N-dealkylation sites (tertiary alicyclic amines) is 2. The van der Waals surface area contributed by atoms with Crippen molar-refractivity contribution in [1.29, 1.82) is 0 Å². The van der Waals surface area contributed by atoms with Gasteiger partial charge in [-0.05, 0) is 67.9 Å². The average Bonchev–Trinajstić information content (AvgIpc) is 3.47. The second-order valence-electron chi connectivity index (χ2n) is 8.48. The zero-order valence-electron chi connectivity index (χ0n) is 18.4. The van der Waals surface area contributed by atoms with Gasteiger partial charge < -0.3 is 15.0 Å². The van der Waals surface area contributed by atoms with Gasteiger partial charge in [0.25, 0.3) is 0 Å². The molecule has 6 heteroatoms. The second-order valence-corrected chi connectivity index (χ2v) is 9.46. The lowest BCUT2D eigenvalue weighted by Gasteiger charge is -2.39. The summed E-state index contributed by atoms with van der Waals surface area (Å²) in [4.78, 5) is 11.0. The molecular formula is C24H34N4OS. The van der Waals surface area contributed by atoms with E-state index in [1.54, 1.807) is 7.11 Å². The second kappa shape index (κ2) is 9.84. The molecule has 1 aromatic carbocycles. The molecule has 2 aliphatic heterocycles. The van der Waals surface area contributed by atoms with Crippen molar-refractivity contribution < 1.29 is 4.74 Å². The molecule has 30 heavy (non-hydrogen) atoms. The standard InChI is InChI=1S/C24H34N4OS/c1-25-24(28-14-12-20(17-28)18-8-10-21(29-3)11-9-18)26-16-19-6-4-13-27(2)23(19)22-7-5-15-30-22/h5,7-11,15,19-20,23H,4,6,12-14,16-17H2,1-3H3,(H,25,26). The predicted molar refractivity (Wildman–Crippen MR) is 126 cm³/mol. The van der Waals surface area contributed by atoms with Gasteiger partial charge in [0.15, 0.2) is 5.96 Å². The Morgan fingerprint density at radius 3 is 2.73 bits per heavy atom. The highest BCUT2D eigenvalue weighted by molar-refractivity contribution is 7.10. The third-order valence-corrected chi connectivity index (χ3v) is 7.59. The molecule has 1 N–H and O–H groups in total. The van der Waals surface area contributed by atoms with Crippen LogP contribution in [0.3, 0.4) is 0 Å². The molecule has 0 spiro atoms. The molecule has 0 radical (unpaired) electrons. The van der Waals surface area contributed by atoms with E-state index in [1.165, 1.54) is 29.8 Å². The van der Waals surface area contributed by atoms with Gasteiger partial charge in [-0.15, -0.1) is 11.3 Å². The maximum absolute atomic E-state index is 5.30. The largest absolute Gasteiger partial charge is 0.497 e. The number of thiophene rings is 1. The summed E-state index contributed by atoms with van der Waals surface area (Å²) < 4.78 is 5.30. The van der Waals surface area contributed by atoms with Gasteiger partial charge >= 0.3 is 0 Å². The third-order valence-electron chi connectivity index (χ3n) is 6.65. The average molecular weight is 427 g/mol. The molecule has 2 aliphatic rings. The topological polar surface area (TPSA) is 40.1 Å². The first-order valence-corrected chi connectivity index (χ1v) is 11.9. The summed E-state index contributed by atoms with van der Waals surface area (Å²) in [6.07, 6.45) is 3.70. The van der Waals surface area contributed by atoms with E-state index >= 15 is 0 Å². The monoisotopic (exact) mass is 426 g/mol. The Labute approximate surface area is 184 Å². The Bertz CT molecular complexity index is 820. The third kappa shape index (κ3) is 4.65. The van der Waals surface area contributed by atoms with Crippen molar-refractivity contribution in [3.63, 3.8) is 0 Å². The van der Waals surface area contributed by atoms with Crippen LogP contribution in [0.1, 0.15) is 41.7 Å². The number of ether oxygens (including phenoxy) is 1. The van der Waals surface area contributed by atoms with E-state index in [0.29, 0.717) is 17.9 Å². The fourth-order valence-electron chi connectivity index (χ4n) is 5.04. The molecular weight excluding hydrogens is 392 g/mol. The van der Waals surface area contributed by atoms with Crippen LogP contribution in [0, 0.1) is 5.92 Å². The molecule has 0 amide bonds. The number of nitrogens with zero attached hydrogens (tertiary/aromatic N) is 3. The first-order valence-electron chi connectivity index (χ1n) is 11.0. The van der Waals surface area contributed by atoms with Gasteiger partial charge in [-0.3, -0.25) is 9.89 Å². The molecule has 3 atom stereocenters. The molecule has 2 fully saturated rings. The van der Waals surface area contributed by atoms with E-state index in [1.807, 2.05) is 18.4 Å². The van der Waals surface area contributed by atoms with Gasteiger partial charge in [-0.1, -0.05) is 18.2 Å². The number of benzene rings is 1. The minimum atomic E-state index is 0.509. The minimum absolute atomic E-state index is 0.509. The molecule has 2 aromatic rings. The highest BCUT2D eigenvalue weighted by atomic mass is 32.1. The Morgan fingerprint density at radius 1 is 1.20 bits per heavy atom. The molecule has 3 heterocycles. The van der Waals surface area contributed by atoms with Crippen molar-refractivity contribution in [3.05, 3.63) is 52.2 Å². The Balaban J connectivity index is 1.36. The smallest absolute Gasteiger partial charge is 0.193 e. The normalized spacial score (nSPS) is 25.5. The van der Waals surface area contributed by atoms with Crippen LogP contribution in [0.5, 0.6) is 5.75 Å². The Kier molecular flexibility index (Phi) is 6.95. The highest BCUT2D eigenvalue weighted by Crippen LogP contribution is 2.37. The summed E-state index contributed by atoms with van der Waals surface area (Å²) in [7, 11) is 5.90. The van der Waals surface area contributed by atoms with E-state index in [9.17, 15) is 0 Å². The van der Waals surface area contributed by atoms with Gasteiger partial charge in [0.05, 0.1) is 7.11 Å². The maximum atomic E-state index is 5.30. The van der Waals surface area contributed by atoms with Crippen molar-refractivity contribution in [2.75, 3.05) is 47.4 Å². The number of rotatable bonds is 5. The number of guanidine groups is 1. The Hall–Kier alpha value is -2.05. The number of methoxy groups -OCH3 is 1. The first kappa shape index (κ1) is 21.2. The summed E-state index contributed by atoms with van der Waals surface area (Å²) in [5.74, 6) is 3.13. The lowest BCUT2D eigenvalue weighted by molar-refractivity contribution is 0.124. The molecule has 0 bridgehead atoms. The van der Waals surface area contributed by atoms with Crippen LogP contribution < -0.4 is 10.1 Å². The van der Waals surface area contributed by atoms with Gasteiger partial charge in [0, 0.05) is 43.5 Å². The van der Waals surface area contributed by atoms with Crippen LogP contribution in [-0.2, 0) is 0 Å². The van der Waals surface area contributed by atoms with E-state index in [0.717, 1.165) is 37.8 Å². The number of hydrogen-bond acceptors (Lipinski definition) is 4. The zero-order chi connectivity index (χ0) is 20.9. The summed E-state index contributed by atoms with van der Waals surface area (Å²) >= 11 is 1.88. The first-order chi connectivity index (χ1) is 14.7. The van der Waals surface area contributed by atoms with Crippen LogP contribution in [0.4, 0.5) is 0 Å². The van der Waals surface area contributed by atoms with Crippen LogP contribution >= 0.6 is 11.3 Å². The number of aliphatic imine (C=N–C) groups is 1. The van der Waals surface area contributed by atoms with Crippen LogP contribution in [0.15, 0.2) is 46.8 Å². The summed E-state index contributed by atoms with van der Waals surface area (Å²) in [5, 5.41) is 5.92. The summed E-state index contributed by atoms with van der Waals surface area (Å²) in [6.45, 7) is 4.23. The molecule has 2 saturated heterocycles. The zero-order valence-corrected chi connectivity index (χ0v) is 19.2. The van der Waals surface area contributed by atoms with Gasteiger partial charge in [-0.25, -0.2) is 0 Å². The van der Waals surface area contributed by atoms with Crippen molar-refractivity contribution in [2.24, 2.45) is 10.9 Å². The van der Waals surface area contributed by atoms with Crippen LogP contribution in [0.2, 0.25) is 0 Å². The van der Waals surface area contributed by atoms with E-state index in [4.69, 9.17) is 4.74 Å². The quantitative estimate of drug-likeness (QED) is 0.574. The molecule has 162 valence electrons. The molecule has 0 aliphatic carbocycles. The fourth-order valence-corrected chi connectivity index (χ4v) is 6.02. The van der Waals surface area contributed by atoms with Gasteiger partial charge in [-0.2, -0.15) is 0 Å². The van der Waals surface area contributed by atoms with E-state index in [-0.39, 0.29) is 0 Å². The highest BCUT2D eigenvalue weighted by Gasteiger charge is 2.32. The summed E-state index contributed by atoms with van der Waals surface area (Å²) in [5.41, 5.74) is 1.39. The SMILES string of the molecule is CN=C(NCC1CCCN(C)C1c1cccs1)N1CCC(c2ccc(OC)cc2)C1. The molecule has 3 unspecified atom stereocenters. The summed E-state index contributed by atoms with van der Waals surface area (Å²) in [6, 6.07) is 13.5. The minimum Gasteiger partial charge on any atom is -0.497 e. The van der Waals surface area contributed by atoms with Gasteiger partial charge in [0.2, 0.25) is 0 Å². The number of hydrogen-bond donors (Lipinski definition) is 1. The van der Waals surface area contributed by atoms with E-state index in [2.05, 4.69) is 68.9 Å². The van der Waals surface area contributed by atoms with E-state index < -0.39 is 0 Å². The van der Waals surface area contributed by atoms with Gasteiger partial charge in [0.1, 0.15) is 5.75 Å². The number of piperidine rings is 1. The fraction of sp³-hybridized carbons (Fsp3) is 0.542. The lowest BCUT2D eigenvalue weighted by atomic mass is 9.88. The van der Waals surface area contributed by atoms with Crippen LogP contribution in [-0.4, -0.2) is 63.1 Å². The molecule has 4 rings (SSSR count). The van der Waals surface area contributed by atoms with Crippen molar-refractivity contribution in [1.82, 2.24) is 15.1 Å². The predicted octanol–water partition coefficient (Wildman–Crippen LogP) is 4.20. The maximum Gasteiger partial charge on any atom is 0.193 e. The molecule has 1 aromatic heterocycles. The van der Waals surface area contributed by atoms with Crippen molar-refractivity contribution in [3.8, 4) is 5.75 Å². The molecule has 5 nitrogen and oxygen atoms in total. The van der Waals surface area contributed by atoms with Crippen molar-refractivity contribution >= 4 is 17.3 Å². The number of nitrogens with one attached hydrogen (secondary N) is 1.